The van der Waals surface area contributed by atoms with Crippen molar-refractivity contribution >= 4 is 35.7 Å². The number of rotatable bonds is 8. The van der Waals surface area contributed by atoms with Gasteiger partial charge in [0.1, 0.15) is 5.82 Å². The zero-order chi connectivity index (χ0) is 25.6. The van der Waals surface area contributed by atoms with Crippen LogP contribution in [-0.2, 0) is 33.7 Å². The zero-order valence-corrected chi connectivity index (χ0v) is 21.8. The highest BCUT2D eigenvalue weighted by molar-refractivity contribution is 6.03. The Hall–Kier alpha value is -3.40. The van der Waals surface area contributed by atoms with E-state index in [1.165, 1.54) is 17.7 Å². The summed E-state index contributed by atoms with van der Waals surface area (Å²) in [6, 6.07) is 17.9. The third-order valence-electron chi connectivity index (χ3n) is 6.81. The molecule has 5 rings (SSSR count). The number of hydrogen-bond acceptors (Lipinski definition) is 6. The first-order chi connectivity index (χ1) is 18.0. The van der Waals surface area contributed by atoms with Crippen LogP contribution >= 0.6 is 12.4 Å². The Morgan fingerprint density at radius 3 is 2.34 bits per heavy atom. The lowest BCUT2D eigenvalue weighted by Crippen LogP contribution is -2.35. The van der Waals surface area contributed by atoms with Crippen molar-refractivity contribution in [3.63, 3.8) is 0 Å². The Kier molecular flexibility index (Phi) is 9.38. The molecule has 0 radical (unpaired) electrons. The number of hydrogen-bond donors (Lipinski definition) is 1. The van der Waals surface area contributed by atoms with Gasteiger partial charge in [-0.2, -0.15) is 5.10 Å². The molecular formula is C28H31ClFN5O3. The van der Waals surface area contributed by atoms with Crippen molar-refractivity contribution in [2.45, 2.75) is 25.8 Å². The van der Waals surface area contributed by atoms with Gasteiger partial charge in [0.05, 0.1) is 24.8 Å². The number of nitrogens with one attached hydrogen (secondary N) is 1. The van der Waals surface area contributed by atoms with Gasteiger partial charge in [0, 0.05) is 38.3 Å². The molecule has 1 N–H and O–H groups in total. The van der Waals surface area contributed by atoms with Crippen LogP contribution in [0.15, 0.2) is 60.7 Å². The van der Waals surface area contributed by atoms with Crippen LogP contribution in [0.3, 0.4) is 0 Å². The maximum absolute atomic E-state index is 13.0. The zero-order valence-electron chi connectivity index (χ0n) is 21.0. The quantitative estimate of drug-likeness (QED) is 0.470. The highest BCUT2D eigenvalue weighted by Crippen LogP contribution is 2.26. The summed E-state index contributed by atoms with van der Waals surface area (Å²) in [5.41, 5.74) is 3.78. The molecule has 0 saturated carbocycles. The van der Waals surface area contributed by atoms with Crippen LogP contribution in [0.2, 0.25) is 0 Å². The number of carbonyl (C=O) groups is 2. The molecule has 2 saturated heterocycles. The topological polar surface area (TPSA) is 87.7 Å². The number of amides is 2. The van der Waals surface area contributed by atoms with E-state index in [1.807, 2.05) is 30.3 Å². The first-order valence-corrected chi connectivity index (χ1v) is 12.6. The second kappa shape index (κ2) is 12.9. The summed E-state index contributed by atoms with van der Waals surface area (Å²) in [6.07, 6.45) is 1.53. The SMILES string of the molecule is Cl.O=C(Nc1ccc(CCc2ccc(F)cc2)nn1)C1CC(=O)N(c2ccc(CN3CCOCC3)cc2)C1. The molecule has 1 unspecified atom stereocenters. The molecule has 200 valence electrons. The van der Waals surface area contributed by atoms with Crippen LogP contribution in [-0.4, -0.2) is 59.8 Å². The molecule has 3 heterocycles. The van der Waals surface area contributed by atoms with Gasteiger partial charge < -0.3 is 15.0 Å². The van der Waals surface area contributed by atoms with Crippen molar-refractivity contribution in [3.05, 3.63) is 83.3 Å². The van der Waals surface area contributed by atoms with Crippen LogP contribution in [0.1, 0.15) is 23.2 Å². The van der Waals surface area contributed by atoms with E-state index in [9.17, 15) is 14.0 Å². The Bertz CT molecular complexity index is 1220. The molecule has 1 atom stereocenters. The fourth-order valence-corrected chi connectivity index (χ4v) is 4.64. The van der Waals surface area contributed by atoms with Crippen molar-refractivity contribution in [1.29, 1.82) is 0 Å². The van der Waals surface area contributed by atoms with Crippen molar-refractivity contribution in [2.24, 2.45) is 5.92 Å². The lowest BCUT2D eigenvalue weighted by atomic mass is 10.1. The Morgan fingerprint density at radius 1 is 0.947 bits per heavy atom. The molecule has 8 nitrogen and oxygen atoms in total. The Balaban J connectivity index is 0.00000336. The van der Waals surface area contributed by atoms with E-state index < -0.39 is 5.92 Å². The second-order valence-electron chi connectivity index (χ2n) is 9.49. The van der Waals surface area contributed by atoms with E-state index in [4.69, 9.17) is 4.74 Å². The van der Waals surface area contributed by atoms with Crippen molar-refractivity contribution in [3.8, 4) is 0 Å². The lowest BCUT2D eigenvalue weighted by molar-refractivity contribution is -0.122. The molecule has 2 aliphatic heterocycles. The molecule has 0 bridgehead atoms. The van der Waals surface area contributed by atoms with Gasteiger partial charge in [-0.3, -0.25) is 14.5 Å². The number of halogens is 2. The maximum Gasteiger partial charge on any atom is 0.231 e. The van der Waals surface area contributed by atoms with Crippen LogP contribution in [0, 0.1) is 11.7 Å². The monoisotopic (exact) mass is 539 g/mol. The molecule has 2 fully saturated rings. The van der Waals surface area contributed by atoms with E-state index in [-0.39, 0.29) is 36.5 Å². The van der Waals surface area contributed by atoms with Gasteiger partial charge in [-0.15, -0.1) is 17.5 Å². The van der Waals surface area contributed by atoms with Gasteiger partial charge in [0.2, 0.25) is 11.8 Å². The third-order valence-corrected chi connectivity index (χ3v) is 6.81. The normalized spacial score (nSPS) is 17.8. The molecule has 0 aliphatic carbocycles. The van der Waals surface area contributed by atoms with E-state index in [0.29, 0.717) is 18.8 Å². The predicted octanol–water partition coefficient (Wildman–Crippen LogP) is 3.65. The minimum atomic E-state index is -0.458. The van der Waals surface area contributed by atoms with Crippen molar-refractivity contribution in [1.82, 2.24) is 15.1 Å². The average molecular weight is 540 g/mol. The fourth-order valence-electron chi connectivity index (χ4n) is 4.64. The van der Waals surface area contributed by atoms with Crippen molar-refractivity contribution < 1.29 is 18.7 Å². The maximum atomic E-state index is 13.0. The van der Waals surface area contributed by atoms with Gasteiger partial charge in [0.25, 0.3) is 0 Å². The average Bonchev–Trinajstić information content (AvgIpc) is 3.32. The van der Waals surface area contributed by atoms with Crippen LogP contribution < -0.4 is 10.2 Å². The largest absolute Gasteiger partial charge is 0.379 e. The number of ether oxygens (including phenoxy) is 1. The number of anilines is 2. The van der Waals surface area contributed by atoms with E-state index in [2.05, 4.69) is 20.4 Å². The minimum Gasteiger partial charge on any atom is -0.379 e. The van der Waals surface area contributed by atoms with Gasteiger partial charge in [-0.1, -0.05) is 24.3 Å². The molecule has 0 spiro atoms. The Morgan fingerprint density at radius 2 is 1.66 bits per heavy atom. The fraction of sp³-hybridized carbons (Fsp3) is 0.357. The van der Waals surface area contributed by atoms with Crippen LogP contribution in [0.4, 0.5) is 15.9 Å². The van der Waals surface area contributed by atoms with Gasteiger partial charge in [0.15, 0.2) is 5.82 Å². The molecule has 38 heavy (non-hydrogen) atoms. The van der Waals surface area contributed by atoms with Crippen molar-refractivity contribution in [2.75, 3.05) is 43.1 Å². The number of morpholine rings is 1. The molecular weight excluding hydrogens is 509 g/mol. The van der Waals surface area contributed by atoms with Gasteiger partial charge in [-0.25, -0.2) is 4.39 Å². The first kappa shape index (κ1) is 27.6. The van der Waals surface area contributed by atoms with Crippen LogP contribution in [0.5, 0.6) is 0 Å². The summed E-state index contributed by atoms with van der Waals surface area (Å²) >= 11 is 0. The molecule has 2 amide bonds. The highest BCUT2D eigenvalue weighted by Gasteiger charge is 2.35. The molecule has 3 aromatic rings. The summed E-state index contributed by atoms with van der Waals surface area (Å²) in [5, 5.41) is 11.1. The lowest BCUT2D eigenvalue weighted by Gasteiger charge is -2.26. The molecule has 2 aliphatic rings. The van der Waals surface area contributed by atoms with E-state index in [1.54, 1.807) is 23.1 Å². The molecule has 10 heteroatoms. The smallest absolute Gasteiger partial charge is 0.231 e. The van der Waals surface area contributed by atoms with Gasteiger partial charge in [-0.05, 0) is 60.4 Å². The number of aryl methyl sites for hydroxylation is 2. The van der Waals surface area contributed by atoms with E-state index in [0.717, 1.165) is 56.2 Å². The number of carbonyl (C=O) groups excluding carboxylic acids is 2. The van der Waals surface area contributed by atoms with Crippen LogP contribution in [0.25, 0.3) is 0 Å². The standard InChI is InChI=1S/C28H30FN5O3.ClH/c29-23-6-1-20(2-7-23)3-8-24-9-12-26(32-31-24)30-28(36)22-17-27(35)34(19-22)25-10-4-21(5-11-25)18-33-13-15-37-16-14-33;/h1-2,4-7,9-12,22H,3,8,13-19H2,(H,30,32,36);1H. The third kappa shape index (κ3) is 7.12. The summed E-state index contributed by atoms with van der Waals surface area (Å²) in [7, 11) is 0. The summed E-state index contributed by atoms with van der Waals surface area (Å²) in [4.78, 5) is 29.5. The van der Waals surface area contributed by atoms with E-state index >= 15 is 0 Å². The number of nitrogens with zero attached hydrogens (tertiary/aromatic N) is 4. The second-order valence-corrected chi connectivity index (χ2v) is 9.49. The Labute approximate surface area is 227 Å². The molecule has 1 aromatic heterocycles. The first-order valence-electron chi connectivity index (χ1n) is 12.6. The summed E-state index contributed by atoms with van der Waals surface area (Å²) < 4.78 is 18.4. The number of benzene rings is 2. The highest BCUT2D eigenvalue weighted by atomic mass is 35.5. The molecule has 2 aromatic carbocycles. The summed E-state index contributed by atoms with van der Waals surface area (Å²) in [6.45, 7) is 4.55. The summed E-state index contributed by atoms with van der Waals surface area (Å²) in [5.74, 6) is -0.668. The number of aromatic nitrogens is 2. The van der Waals surface area contributed by atoms with Gasteiger partial charge >= 0.3 is 0 Å². The predicted molar refractivity (Wildman–Crippen MR) is 145 cm³/mol. The minimum absolute atomic E-state index is 0.